The predicted molar refractivity (Wildman–Crippen MR) is 74.7 cm³/mol. The number of benzene rings is 1. The average Bonchev–Trinajstić information content (AvgIpc) is 2.50. The third-order valence-electron chi connectivity index (χ3n) is 2.36. The van der Waals surface area contributed by atoms with Gasteiger partial charge < -0.3 is 14.8 Å². The number of carbonyl (C=O) groups is 1. The van der Waals surface area contributed by atoms with Crippen molar-refractivity contribution in [2.75, 3.05) is 7.11 Å². The molecule has 0 aliphatic heterocycles. The van der Waals surface area contributed by atoms with Crippen LogP contribution in [-0.4, -0.2) is 24.8 Å². The minimum atomic E-state index is 0.397. The summed E-state index contributed by atoms with van der Waals surface area (Å²) < 4.78 is 10.8. The molecule has 6 nitrogen and oxygen atoms in total. The summed E-state index contributed by atoms with van der Waals surface area (Å²) in [5, 5.41) is 2.34. The SMILES string of the molecule is COc1cccnc1Oc1ccc(N=CNC=O)cc1. The maximum Gasteiger partial charge on any atom is 0.262 e. The van der Waals surface area contributed by atoms with Crippen molar-refractivity contribution in [1.82, 2.24) is 10.3 Å². The number of rotatable bonds is 6. The Morgan fingerprint density at radius 2 is 2.05 bits per heavy atom. The van der Waals surface area contributed by atoms with E-state index in [-0.39, 0.29) is 0 Å². The lowest BCUT2D eigenvalue weighted by Gasteiger charge is -2.08. The molecule has 2 aromatic rings. The van der Waals surface area contributed by atoms with Crippen molar-refractivity contribution in [2.24, 2.45) is 4.99 Å². The van der Waals surface area contributed by atoms with E-state index in [4.69, 9.17) is 9.47 Å². The topological polar surface area (TPSA) is 72.8 Å². The van der Waals surface area contributed by atoms with E-state index in [1.54, 1.807) is 49.7 Å². The first kappa shape index (κ1) is 13.5. The summed E-state index contributed by atoms with van der Waals surface area (Å²) in [5.74, 6) is 1.57. The van der Waals surface area contributed by atoms with E-state index in [0.29, 0.717) is 29.5 Å². The molecular weight excluding hydrogens is 258 g/mol. The van der Waals surface area contributed by atoms with Crippen LogP contribution in [0.3, 0.4) is 0 Å². The van der Waals surface area contributed by atoms with Gasteiger partial charge in [0.2, 0.25) is 6.41 Å². The second kappa shape index (κ2) is 6.89. The lowest BCUT2D eigenvalue weighted by molar-refractivity contribution is -0.108. The van der Waals surface area contributed by atoms with Gasteiger partial charge in [0.15, 0.2) is 5.75 Å². The highest BCUT2D eigenvalue weighted by molar-refractivity contribution is 5.73. The van der Waals surface area contributed by atoms with E-state index in [0.717, 1.165) is 0 Å². The zero-order valence-electron chi connectivity index (χ0n) is 10.8. The van der Waals surface area contributed by atoms with Crippen LogP contribution in [0, 0.1) is 0 Å². The first-order chi connectivity index (χ1) is 9.83. The fourth-order valence-electron chi connectivity index (χ4n) is 1.46. The molecule has 0 aliphatic rings. The van der Waals surface area contributed by atoms with E-state index in [1.165, 1.54) is 6.34 Å². The minimum Gasteiger partial charge on any atom is -0.491 e. The fraction of sp³-hybridized carbons (Fsp3) is 0.0714. The smallest absolute Gasteiger partial charge is 0.262 e. The van der Waals surface area contributed by atoms with Gasteiger partial charge in [-0.3, -0.25) is 4.79 Å². The van der Waals surface area contributed by atoms with Gasteiger partial charge in [0, 0.05) is 6.20 Å². The third kappa shape index (κ3) is 3.55. The molecule has 0 fully saturated rings. The van der Waals surface area contributed by atoms with E-state index in [2.05, 4.69) is 15.3 Å². The van der Waals surface area contributed by atoms with Crippen molar-refractivity contribution in [3.05, 3.63) is 42.6 Å². The molecule has 1 N–H and O–H groups in total. The van der Waals surface area contributed by atoms with Gasteiger partial charge in [-0.25, -0.2) is 9.98 Å². The van der Waals surface area contributed by atoms with Gasteiger partial charge in [0.25, 0.3) is 5.88 Å². The lowest BCUT2D eigenvalue weighted by Crippen LogP contribution is -2.05. The number of hydrogen-bond acceptors (Lipinski definition) is 5. The van der Waals surface area contributed by atoms with E-state index in [1.807, 2.05) is 0 Å². The van der Waals surface area contributed by atoms with E-state index >= 15 is 0 Å². The van der Waals surface area contributed by atoms with Crippen molar-refractivity contribution >= 4 is 18.4 Å². The molecule has 0 bridgehead atoms. The molecule has 0 saturated heterocycles. The lowest BCUT2D eigenvalue weighted by atomic mass is 10.3. The Balaban J connectivity index is 2.08. The molecule has 2 rings (SSSR count). The van der Waals surface area contributed by atoms with Crippen molar-refractivity contribution in [1.29, 1.82) is 0 Å². The summed E-state index contributed by atoms with van der Waals surface area (Å²) in [6.07, 6.45) is 3.49. The molecule has 1 amide bonds. The molecule has 1 aromatic heterocycles. The van der Waals surface area contributed by atoms with Crippen LogP contribution in [0.4, 0.5) is 5.69 Å². The van der Waals surface area contributed by atoms with Crippen LogP contribution in [-0.2, 0) is 4.79 Å². The molecule has 1 heterocycles. The average molecular weight is 271 g/mol. The van der Waals surface area contributed by atoms with Crippen LogP contribution in [0.1, 0.15) is 0 Å². The number of pyridine rings is 1. The number of carbonyl (C=O) groups excluding carboxylic acids is 1. The summed E-state index contributed by atoms with van der Waals surface area (Å²) in [5.41, 5.74) is 0.694. The first-order valence-corrected chi connectivity index (χ1v) is 5.82. The van der Waals surface area contributed by atoms with E-state index < -0.39 is 0 Å². The zero-order chi connectivity index (χ0) is 14.2. The highest BCUT2D eigenvalue weighted by atomic mass is 16.5. The van der Waals surface area contributed by atoms with Crippen molar-refractivity contribution in [3.8, 4) is 17.4 Å². The number of nitrogens with one attached hydrogen (secondary N) is 1. The maximum absolute atomic E-state index is 10.1. The Morgan fingerprint density at radius 1 is 1.25 bits per heavy atom. The number of aliphatic imine (C=N–C) groups is 1. The molecule has 0 saturated carbocycles. The summed E-state index contributed by atoms with van der Waals surface area (Å²) in [4.78, 5) is 18.2. The summed E-state index contributed by atoms with van der Waals surface area (Å²) in [6.45, 7) is 0. The standard InChI is InChI=1S/C14H13N3O3/c1-19-13-3-2-8-16-14(13)20-12-6-4-11(5-7-12)17-9-15-10-18/h2-10H,1H3,(H,15,17,18). The second-order valence-electron chi connectivity index (χ2n) is 3.65. The molecule has 0 spiro atoms. The molecular formula is C14H13N3O3. The zero-order valence-corrected chi connectivity index (χ0v) is 10.8. The van der Waals surface area contributed by atoms with Crippen LogP contribution in [0.2, 0.25) is 0 Å². The highest BCUT2D eigenvalue weighted by Crippen LogP contribution is 2.29. The number of ether oxygens (including phenoxy) is 2. The van der Waals surface area contributed by atoms with Crippen LogP contribution in [0.25, 0.3) is 0 Å². The molecule has 1 aromatic carbocycles. The van der Waals surface area contributed by atoms with Gasteiger partial charge in [0.1, 0.15) is 5.75 Å². The van der Waals surface area contributed by atoms with Gasteiger partial charge in [-0.15, -0.1) is 0 Å². The number of nitrogens with zero attached hydrogens (tertiary/aromatic N) is 2. The van der Waals surface area contributed by atoms with Crippen molar-refractivity contribution < 1.29 is 14.3 Å². The van der Waals surface area contributed by atoms with Gasteiger partial charge in [-0.1, -0.05) is 0 Å². The maximum atomic E-state index is 10.1. The second-order valence-corrected chi connectivity index (χ2v) is 3.65. The quantitative estimate of drug-likeness (QED) is 0.497. The Kier molecular flexibility index (Phi) is 4.66. The fourth-order valence-corrected chi connectivity index (χ4v) is 1.46. The number of hydrogen-bond donors (Lipinski definition) is 1. The molecule has 6 heteroatoms. The third-order valence-corrected chi connectivity index (χ3v) is 2.36. The van der Waals surface area contributed by atoms with Gasteiger partial charge in [-0.05, 0) is 36.4 Å². The Bertz CT molecular complexity index is 597. The molecule has 0 atom stereocenters. The van der Waals surface area contributed by atoms with Crippen LogP contribution < -0.4 is 14.8 Å². The summed E-state index contributed by atoms with van der Waals surface area (Å²) in [6, 6.07) is 10.6. The van der Waals surface area contributed by atoms with Crippen LogP contribution in [0.15, 0.2) is 47.6 Å². The molecule has 0 unspecified atom stereocenters. The largest absolute Gasteiger partial charge is 0.491 e. The summed E-state index contributed by atoms with van der Waals surface area (Å²) >= 11 is 0. The number of aromatic nitrogens is 1. The molecule has 20 heavy (non-hydrogen) atoms. The monoisotopic (exact) mass is 271 g/mol. The van der Waals surface area contributed by atoms with Crippen LogP contribution in [0.5, 0.6) is 17.4 Å². The highest BCUT2D eigenvalue weighted by Gasteiger charge is 2.05. The molecule has 0 radical (unpaired) electrons. The number of amides is 1. The Labute approximate surface area is 116 Å². The van der Waals surface area contributed by atoms with Crippen molar-refractivity contribution in [3.63, 3.8) is 0 Å². The summed E-state index contributed by atoms with van der Waals surface area (Å²) in [7, 11) is 1.56. The van der Waals surface area contributed by atoms with Crippen LogP contribution >= 0.6 is 0 Å². The number of methoxy groups -OCH3 is 1. The molecule has 102 valence electrons. The Hall–Kier alpha value is -2.89. The minimum absolute atomic E-state index is 0.397. The van der Waals surface area contributed by atoms with Gasteiger partial charge >= 0.3 is 0 Å². The Morgan fingerprint density at radius 3 is 2.75 bits per heavy atom. The first-order valence-electron chi connectivity index (χ1n) is 5.82. The predicted octanol–water partition coefficient (Wildman–Crippen LogP) is 2.29. The van der Waals surface area contributed by atoms with E-state index in [9.17, 15) is 4.79 Å². The van der Waals surface area contributed by atoms with Crippen molar-refractivity contribution in [2.45, 2.75) is 0 Å². The van der Waals surface area contributed by atoms with Gasteiger partial charge in [0.05, 0.1) is 19.1 Å². The van der Waals surface area contributed by atoms with Gasteiger partial charge in [-0.2, -0.15) is 0 Å². The normalized spacial score (nSPS) is 10.2. The molecule has 0 aliphatic carbocycles.